The fourth-order valence-corrected chi connectivity index (χ4v) is 3.43. The van der Waals surface area contributed by atoms with E-state index in [1.807, 2.05) is 11.0 Å². The van der Waals surface area contributed by atoms with Gasteiger partial charge in [0.2, 0.25) is 0 Å². The number of rotatable bonds is 3. The number of aromatic nitrogens is 2. The highest BCUT2D eigenvalue weighted by Gasteiger charge is 2.23. The number of hydrogen-bond acceptors (Lipinski definition) is 5. The molecule has 0 bridgehead atoms. The summed E-state index contributed by atoms with van der Waals surface area (Å²) in [6.07, 6.45) is 2.21. The van der Waals surface area contributed by atoms with E-state index in [0.29, 0.717) is 21.6 Å². The van der Waals surface area contributed by atoms with E-state index in [1.54, 1.807) is 12.1 Å². The second-order valence-corrected chi connectivity index (χ2v) is 6.44. The van der Waals surface area contributed by atoms with Crippen LogP contribution in [0.15, 0.2) is 24.5 Å². The minimum Gasteiger partial charge on any atom is -0.326 e. The first-order valence-corrected chi connectivity index (χ1v) is 8.34. The monoisotopic (exact) mass is 343 g/mol. The average molecular weight is 344 g/mol. The Balaban J connectivity index is 2.01. The smallest absolute Gasteiger partial charge is 0.144 e. The molecule has 21 heavy (non-hydrogen) atoms. The largest absolute Gasteiger partial charge is 0.326 e. The van der Waals surface area contributed by atoms with Crippen LogP contribution in [-0.2, 0) is 22.9 Å². The van der Waals surface area contributed by atoms with E-state index in [-0.39, 0.29) is 5.75 Å². The van der Waals surface area contributed by atoms with Gasteiger partial charge in [0, 0.05) is 23.3 Å². The SMILES string of the molecule is O=[SH](=O)Cc1cc2c(cc1Cl)N(c1cc(Cl)ncn1)CC2. The lowest BCUT2D eigenvalue weighted by molar-refractivity contribution is 0.614. The van der Waals surface area contributed by atoms with Crippen molar-refractivity contribution in [3.8, 4) is 0 Å². The molecule has 2 aromatic rings. The Labute approximate surface area is 133 Å². The molecule has 0 unspecified atom stereocenters. The molecule has 0 N–H and O–H groups in total. The highest BCUT2D eigenvalue weighted by atomic mass is 35.5. The van der Waals surface area contributed by atoms with Gasteiger partial charge in [-0.3, -0.25) is 0 Å². The third kappa shape index (κ3) is 2.97. The maximum absolute atomic E-state index is 10.9. The molecule has 2 heterocycles. The zero-order valence-corrected chi connectivity index (χ0v) is 13.2. The van der Waals surface area contributed by atoms with Crippen molar-refractivity contribution in [3.05, 3.63) is 45.8 Å². The molecule has 0 saturated heterocycles. The molecule has 1 aliphatic heterocycles. The lowest BCUT2D eigenvalue weighted by atomic mass is 10.1. The number of hydrogen-bond donors (Lipinski definition) is 1. The molecule has 110 valence electrons. The van der Waals surface area contributed by atoms with Crippen LogP contribution in [-0.4, -0.2) is 24.9 Å². The molecule has 1 aromatic heterocycles. The summed E-state index contributed by atoms with van der Waals surface area (Å²) in [6, 6.07) is 5.33. The van der Waals surface area contributed by atoms with Crippen molar-refractivity contribution in [1.82, 2.24) is 9.97 Å². The van der Waals surface area contributed by atoms with Crippen molar-refractivity contribution < 1.29 is 8.42 Å². The average Bonchev–Trinajstić information content (AvgIpc) is 2.81. The van der Waals surface area contributed by atoms with E-state index in [2.05, 4.69) is 9.97 Å². The standard InChI is InChI=1S/C13H11Cl2N3O2S/c14-10-4-11-8(3-9(10)6-21(19)20)1-2-18(11)13-5-12(15)16-7-17-13/h3-5,7,21H,1-2,6H2. The van der Waals surface area contributed by atoms with E-state index in [0.717, 1.165) is 24.2 Å². The molecular formula is C13H11Cl2N3O2S. The van der Waals surface area contributed by atoms with E-state index in [9.17, 15) is 8.42 Å². The normalized spacial score (nSPS) is 13.8. The molecule has 1 aliphatic rings. The second-order valence-electron chi connectivity index (χ2n) is 4.66. The number of nitrogens with zero attached hydrogens (tertiary/aromatic N) is 3. The van der Waals surface area contributed by atoms with Crippen molar-refractivity contribution in [1.29, 1.82) is 0 Å². The Bertz CT molecular complexity index is 772. The summed E-state index contributed by atoms with van der Waals surface area (Å²) < 4.78 is 21.8. The van der Waals surface area contributed by atoms with Crippen LogP contribution in [0, 0.1) is 0 Å². The summed E-state index contributed by atoms with van der Waals surface area (Å²) in [4.78, 5) is 10.1. The predicted octanol–water partition coefficient (Wildman–Crippen LogP) is 2.59. The fourth-order valence-electron chi connectivity index (χ4n) is 2.43. The van der Waals surface area contributed by atoms with Crippen LogP contribution in [0.3, 0.4) is 0 Å². The maximum Gasteiger partial charge on any atom is 0.144 e. The fraction of sp³-hybridized carbons (Fsp3) is 0.231. The van der Waals surface area contributed by atoms with Crippen LogP contribution in [0.25, 0.3) is 0 Å². The van der Waals surface area contributed by atoms with Crippen LogP contribution >= 0.6 is 23.2 Å². The van der Waals surface area contributed by atoms with Gasteiger partial charge in [0.1, 0.15) is 28.0 Å². The molecule has 0 spiro atoms. The topological polar surface area (TPSA) is 63.2 Å². The summed E-state index contributed by atoms with van der Waals surface area (Å²) in [5.74, 6) is 0.660. The summed E-state index contributed by atoms with van der Waals surface area (Å²) in [6.45, 7) is 0.742. The Morgan fingerprint density at radius 2 is 2.00 bits per heavy atom. The van der Waals surface area contributed by atoms with Crippen molar-refractivity contribution in [2.45, 2.75) is 12.2 Å². The van der Waals surface area contributed by atoms with Gasteiger partial charge in [0.05, 0.1) is 5.75 Å². The highest BCUT2D eigenvalue weighted by molar-refractivity contribution is 7.71. The van der Waals surface area contributed by atoms with Crippen LogP contribution in [0.2, 0.25) is 10.2 Å². The zero-order valence-electron chi connectivity index (χ0n) is 10.8. The maximum atomic E-state index is 10.9. The Morgan fingerprint density at radius 1 is 1.19 bits per heavy atom. The minimum absolute atomic E-state index is 0.0409. The summed E-state index contributed by atoms with van der Waals surface area (Å²) >= 11 is 12.1. The Hall–Kier alpha value is -1.37. The lowest BCUT2D eigenvalue weighted by Crippen LogP contribution is -2.14. The zero-order chi connectivity index (χ0) is 15.0. The summed E-state index contributed by atoms with van der Waals surface area (Å²) in [5, 5.41) is 0.819. The number of anilines is 2. The van der Waals surface area contributed by atoms with Gasteiger partial charge in [0.15, 0.2) is 0 Å². The minimum atomic E-state index is -2.49. The van der Waals surface area contributed by atoms with Crippen LogP contribution in [0.1, 0.15) is 11.1 Å². The van der Waals surface area contributed by atoms with Gasteiger partial charge in [-0.15, -0.1) is 0 Å². The van der Waals surface area contributed by atoms with Gasteiger partial charge in [-0.2, -0.15) is 0 Å². The molecule has 3 rings (SSSR count). The Kier molecular flexibility index (Phi) is 4.01. The molecule has 0 saturated carbocycles. The molecule has 0 radical (unpaired) electrons. The van der Waals surface area contributed by atoms with Crippen LogP contribution < -0.4 is 4.90 Å². The van der Waals surface area contributed by atoms with Gasteiger partial charge in [-0.05, 0) is 23.6 Å². The van der Waals surface area contributed by atoms with Gasteiger partial charge >= 0.3 is 0 Å². The lowest BCUT2D eigenvalue weighted by Gasteiger charge is -2.18. The van der Waals surface area contributed by atoms with Crippen molar-refractivity contribution >= 4 is 45.4 Å². The number of halogens is 2. The van der Waals surface area contributed by atoms with Crippen molar-refractivity contribution in [2.75, 3.05) is 11.4 Å². The first kappa shape index (κ1) is 14.6. The molecule has 0 amide bonds. The molecule has 0 fully saturated rings. The van der Waals surface area contributed by atoms with Crippen LogP contribution in [0.5, 0.6) is 0 Å². The molecule has 5 nitrogen and oxygen atoms in total. The van der Waals surface area contributed by atoms with Crippen molar-refractivity contribution in [3.63, 3.8) is 0 Å². The first-order valence-electron chi connectivity index (χ1n) is 6.23. The molecule has 0 aliphatic carbocycles. The third-order valence-corrected chi connectivity index (χ3v) is 4.50. The van der Waals surface area contributed by atoms with Gasteiger partial charge < -0.3 is 4.90 Å². The number of fused-ring (bicyclic) bond motifs is 1. The predicted molar refractivity (Wildman–Crippen MR) is 83.2 cm³/mol. The van der Waals surface area contributed by atoms with E-state index < -0.39 is 10.7 Å². The van der Waals surface area contributed by atoms with E-state index in [1.165, 1.54) is 6.33 Å². The number of thiol groups is 1. The first-order chi connectivity index (χ1) is 10.0. The van der Waals surface area contributed by atoms with E-state index in [4.69, 9.17) is 23.2 Å². The molecule has 0 atom stereocenters. The van der Waals surface area contributed by atoms with E-state index >= 15 is 0 Å². The van der Waals surface area contributed by atoms with Gasteiger partial charge in [-0.25, -0.2) is 18.4 Å². The quantitative estimate of drug-likeness (QED) is 0.685. The second kappa shape index (κ2) is 5.79. The number of benzene rings is 1. The highest BCUT2D eigenvalue weighted by Crippen LogP contribution is 2.37. The van der Waals surface area contributed by atoms with Gasteiger partial charge in [-0.1, -0.05) is 29.3 Å². The third-order valence-electron chi connectivity index (χ3n) is 3.34. The molecule has 8 heteroatoms. The molecule has 1 aromatic carbocycles. The van der Waals surface area contributed by atoms with Gasteiger partial charge in [0.25, 0.3) is 0 Å². The van der Waals surface area contributed by atoms with Crippen molar-refractivity contribution in [2.24, 2.45) is 0 Å². The summed E-state index contributed by atoms with van der Waals surface area (Å²) in [5.41, 5.74) is 2.62. The molecular weight excluding hydrogens is 333 g/mol. The summed E-state index contributed by atoms with van der Waals surface area (Å²) in [7, 11) is -2.49. The Morgan fingerprint density at radius 3 is 2.71 bits per heavy atom. The van der Waals surface area contributed by atoms with Crippen LogP contribution in [0.4, 0.5) is 11.5 Å².